The Kier molecular flexibility index (Phi) is 1.48. The number of hydrogen-bond acceptors (Lipinski definition) is 5. The fraction of sp³-hybridized carbons (Fsp3) is 0. The maximum absolute atomic E-state index is 10.7. The van der Waals surface area contributed by atoms with Gasteiger partial charge in [-0.05, 0) is 0 Å². The van der Waals surface area contributed by atoms with Gasteiger partial charge >= 0.3 is 0 Å². The highest BCUT2D eigenvalue weighted by Gasteiger charge is 2.16. The van der Waals surface area contributed by atoms with Crippen molar-refractivity contribution < 1.29 is 4.79 Å². The highest BCUT2D eigenvalue weighted by Crippen LogP contribution is 2.11. The van der Waals surface area contributed by atoms with Crippen molar-refractivity contribution in [3.05, 3.63) is 16.5 Å². The first kappa shape index (κ1) is 8.19. The predicted molar refractivity (Wildman–Crippen MR) is 48.2 cm³/mol. The van der Waals surface area contributed by atoms with Gasteiger partial charge < -0.3 is 5.73 Å². The van der Waals surface area contributed by atoms with E-state index in [1.54, 1.807) is 0 Å². The summed E-state index contributed by atoms with van der Waals surface area (Å²) in [6.45, 7) is 3.64. The molecule has 6 heteroatoms. The number of nitriles is 1. The van der Waals surface area contributed by atoms with Gasteiger partial charge in [-0.1, -0.05) is 6.58 Å². The lowest BCUT2D eigenvalue weighted by Gasteiger charge is -1.84. The molecule has 0 radical (unpaired) electrons. The van der Waals surface area contributed by atoms with E-state index in [4.69, 9.17) is 11.0 Å². The Morgan fingerprint density at radius 3 is 2.86 bits per heavy atom. The molecule has 0 aromatic carbocycles. The number of hydrogen-bond donors (Lipinski definition) is 1. The highest BCUT2D eigenvalue weighted by molar-refractivity contribution is 5.89. The lowest BCUT2D eigenvalue weighted by atomic mass is 10.2. The molecule has 0 saturated heterocycles. The molecule has 0 aliphatic heterocycles. The molecule has 14 heavy (non-hydrogen) atoms. The molecule has 2 heterocycles. The standard InChI is InChI=1S/C8H5N5O/c1-4-5(2-9)6(3-14)7-11-12-8(10)13(4)7/h3H,1H2,(H2,10,12). The van der Waals surface area contributed by atoms with E-state index in [0.717, 1.165) is 0 Å². The average molecular weight is 187 g/mol. The summed E-state index contributed by atoms with van der Waals surface area (Å²) in [6.07, 6.45) is 0.552. The summed E-state index contributed by atoms with van der Waals surface area (Å²) in [7, 11) is 0. The van der Waals surface area contributed by atoms with Crippen LogP contribution in [0.4, 0.5) is 5.95 Å². The number of nitrogen functional groups attached to an aromatic ring is 1. The summed E-state index contributed by atoms with van der Waals surface area (Å²) in [4.78, 5) is 10.7. The fourth-order valence-corrected chi connectivity index (χ4v) is 1.35. The molecule has 2 aromatic rings. The van der Waals surface area contributed by atoms with Gasteiger partial charge in [-0.2, -0.15) is 5.26 Å². The molecule has 0 saturated carbocycles. The number of rotatable bonds is 1. The Morgan fingerprint density at radius 1 is 1.57 bits per heavy atom. The van der Waals surface area contributed by atoms with E-state index in [1.807, 2.05) is 6.07 Å². The van der Waals surface area contributed by atoms with Crippen molar-refractivity contribution in [2.45, 2.75) is 0 Å². The van der Waals surface area contributed by atoms with Gasteiger partial charge in [-0.15, -0.1) is 10.2 Å². The van der Waals surface area contributed by atoms with Crippen LogP contribution in [-0.2, 0) is 0 Å². The van der Waals surface area contributed by atoms with Gasteiger partial charge in [0.1, 0.15) is 6.07 Å². The molecule has 0 aliphatic carbocycles. The highest BCUT2D eigenvalue weighted by atomic mass is 16.1. The third-order valence-electron chi connectivity index (χ3n) is 1.99. The van der Waals surface area contributed by atoms with E-state index in [1.165, 1.54) is 4.40 Å². The second-order valence-electron chi connectivity index (χ2n) is 2.68. The van der Waals surface area contributed by atoms with Crippen molar-refractivity contribution in [1.82, 2.24) is 14.6 Å². The Morgan fingerprint density at radius 2 is 2.29 bits per heavy atom. The minimum atomic E-state index is 0.120. The molecule has 0 aliphatic rings. The largest absolute Gasteiger partial charge is 0.368 e. The SMILES string of the molecule is C=c1c(C#N)c(C=O)c2nnc(N)n12. The molecule has 0 unspecified atom stereocenters. The Labute approximate surface area is 78.2 Å². The normalized spacial score (nSPS) is 10.2. The molecule has 6 nitrogen and oxygen atoms in total. The topological polar surface area (TPSA) is 97.1 Å². The second kappa shape index (κ2) is 2.53. The van der Waals surface area contributed by atoms with Crippen LogP contribution in [0.25, 0.3) is 12.2 Å². The van der Waals surface area contributed by atoms with Crippen LogP contribution in [0.1, 0.15) is 15.9 Å². The number of anilines is 1. The molecule has 0 amide bonds. The van der Waals surface area contributed by atoms with Crippen molar-refractivity contribution in [2.75, 3.05) is 5.73 Å². The first-order valence-corrected chi connectivity index (χ1v) is 3.71. The molecule has 0 spiro atoms. The quantitative estimate of drug-likeness (QED) is 0.585. The number of nitrogens with two attached hydrogens (primary N) is 1. The molecule has 0 bridgehead atoms. The van der Waals surface area contributed by atoms with Crippen LogP contribution in [0.15, 0.2) is 0 Å². The zero-order chi connectivity index (χ0) is 10.3. The van der Waals surface area contributed by atoms with Gasteiger partial charge in [0.15, 0.2) is 11.9 Å². The fourth-order valence-electron chi connectivity index (χ4n) is 1.35. The van der Waals surface area contributed by atoms with Gasteiger partial charge in [0.05, 0.1) is 16.5 Å². The molecular formula is C8H5N5O. The molecule has 2 N–H and O–H groups in total. The summed E-state index contributed by atoms with van der Waals surface area (Å²) < 4.78 is 1.38. The van der Waals surface area contributed by atoms with E-state index < -0.39 is 0 Å². The second-order valence-corrected chi connectivity index (χ2v) is 2.68. The van der Waals surface area contributed by atoms with Gasteiger partial charge in [0.2, 0.25) is 5.95 Å². The van der Waals surface area contributed by atoms with Crippen LogP contribution >= 0.6 is 0 Å². The van der Waals surface area contributed by atoms with Crippen LogP contribution in [-0.4, -0.2) is 20.9 Å². The third-order valence-corrected chi connectivity index (χ3v) is 1.99. The minimum absolute atomic E-state index is 0.120. The average Bonchev–Trinajstić information content (AvgIpc) is 2.66. The lowest BCUT2D eigenvalue weighted by molar-refractivity contribution is 0.112. The monoisotopic (exact) mass is 187 g/mol. The molecular weight excluding hydrogens is 182 g/mol. The maximum Gasteiger partial charge on any atom is 0.226 e. The van der Waals surface area contributed by atoms with Crippen molar-refractivity contribution in [2.24, 2.45) is 0 Å². The number of aromatic nitrogens is 3. The van der Waals surface area contributed by atoms with Crippen LogP contribution in [0.3, 0.4) is 0 Å². The molecule has 2 aromatic heterocycles. The zero-order valence-corrected chi connectivity index (χ0v) is 7.06. The summed E-state index contributed by atoms with van der Waals surface area (Å²) in [5.41, 5.74) is 6.14. The number of fused-ring (bicyclic) bond motifs is 1. The summed E-state index contributed by atoms with van der Waals surface area (Å²) in [5.74, 6) is 0.120. The first-order chi connectivity index (χ1) is 6.70. The van der Waals surface area contributed by atoms with Crippen LogP contribution in [0, 0.1) is 11.3 Å². The molecule has 2 rings (SSSR count). The van der Waals surface area contributed by atoms with E-state index in [-0.39, 0.29) is 22.7 Å². The summed E-state index contributed by atoms with van der Waals surface area (Å²) in [5, 5.41) is 16.4. The first-order valence-electron chi connectivity index (χ1n) is 3.71. The molecule has 0 fully saturated rings. The van der Waals surface area contributed by atoms with E-state index in [2.05, 4.69) is 16.8 Å². The van der Waals surface area contributed by atoms with Crippen LogP contribution in [0.2, 0.25) is 0 Å². The van der Waals surface area contributed by atoms with Gasteiger partial charge in [0, 0.05) is 0 Å². The third kappa shape index (κ3) is 0.754. The van der Waals surface area contributed by atoms with E-state index >= 15 is 0 Å². The van der Waals surface area contributed by atoms with Crippen molar-refractivity contribution in [1.29, 1.82) is 5.26 Å². The van der Waals surface area contributed by atoms with Crippen molar-refractivity contribution in [3.8, 4) is 6.07 Å². The van der Waals surface area contributed by atoms with Crippen molar-refractivity contribution >= 4 is 24.5 Å². The zero-order valence-electron chi connectivity index (χ0n) is 7.06. The van der Waals surface area contributed by atoms with Crippen LogP contribution < -0.4 is 11.1 Å². The maximum atomic E-state index is 10.7. The Bertz CT molecular complexity index is 606. The smallest absolute Gasteiger partial charge is 0.226 e. The summed E-state index contributed by atoms with van der Waals surface area (Å²) in [6, 6.07) is 1.88. The minimum Gasteiger partial charge on any atom is -0.368 e. The number of nitrogens with zero attached hydrogens (tertiary/aromatic N) is 4. The predicted octanol–water partition coefficient (Wildman–Crippen LogP) is -0.875. The Balaban J connectivity index is 3.10. The van der Waals surface area contributed by atoms with Crippen LogP contribution in [0.5, 0.6) is 0 Å². The Hall–Kier alpha value is -2.42. The molecule has 68 valence electrons. The van der Waals surface area contributed by atoms with E-state index in [0.29, 0.717) is 11.6 Å². The van der Waals surface area contributed by atoms with Crippen molar-refractivity contribution in [3.63, 3.8) is 0 Å². The number of carbonyl (C=O) groups is 1. The van der Waals surface area contributed by atoms with Gasteiger partial charge in [-0.25, -0.2) is 0 Å². The molecule has 0 atom stereocenters. The number of carbonyl (C=O) groups excluding carboxylic acids is 1. The lowest BCUT2D eigenvalue weighted by Crippen LogP contribution is -2.11. The number of aldehydes is 1. The summed E-state index contributed by atoms with van der Waals surface area (Å²) >= 11 is 0. The van der Waals surface area contributed by atoms with E-state index in [9.17, 15) is 4.79 Å². The van der Waals surface area contributed by atoms with Gasteiger partial charge in [-0.3, -0.25) is 9.20 Å². The van der Waals surface area contributed by atoms with Gasteiger partial charge in [0.25, 0.3) is 0 Å².